The minimum absolute atomic E-state index is 0.138. The third-order valence-corrected chi connectivity index (χ3v) is 3.55. The van der Waals surface area contributed by atoms with Gasteiger partial charge < -0.3 is 10.1 Å². The lowest BCUT2D eigenvalue weighted by molar-refractivity contribution is 0.0682. The molecule has 0 amide bonds. The molecule has 0 radical (unpaired) electrons. The van der Waals surface area contributed by atoms with Gasteiger partial charge in [0.2, 0.25) is 0 Å². The van der Waals surface area contributed by atoms with Crippen LogP contribution in [0.1, 0.15) is 31.2 Å². The van der Waals surface area contributed by atoms with Crippen LogP contribution in [0, 0.1) is 12.7 Å². The van der Waals surface area contributed by atoms with E-state index in [1.807, 2.05) is 12.1 Å². The molecule has 0 saturated heterocycles. The van der Waals surface area contributed by atoms with Gasteiger partial charge in [-0.15, -0.1) is 0 Å². The fraction of sp³-hybridized carbons (Fsp3) is 0.571. The van der Waals surface area contributed by atoms with Gasteiger partial charge in [0.25, 0.3) is 0 Å². The normalized spacial score (nSPS) is 24.6. The van der Waals surface area contributed by atoms with Gasteiger partial charge in [0.05, 0.1) is 6.10 Å². The minimum Gasteiger partial charge on any atom is -0.382 e. The van der Waals surface area contributed by atoms with Crippen molar-refractivity contribution in [1.82, 2.24) is 0 Å². The van der Waals surface area contributed by atoms with E-state index in [0.717, 1.165) is 31.4 Å². The van der Waals surface area contributed by atoms with Crippen LogP contribution in [-0.4, -0.2) is 19.3 Å². The Morgan fingerprint density at radius 2 is 1.94 bits per heavy atom. The SMILES string of the molecule is COC1CCC(Nc2ccc(C)c(F)c2)CC1. The highest BCUT2D eigenvalue weighted by atomic mass is 19.1. The van der Waals surface area contributed by atoms with Crippen molar-refractivity contribution >= 4 is 5.69 Å². The lowest BCUT2D eigenvalue weighted by Gasteiger charge is -2.29. The fourth-order valence-electron chi connectivity index (χ4n) is 2.36. The highest BCUT2D eigenvalue weighted by molar-refractivity contribution is 5.46. The van der Waals surface area contributed by atoms with E-state index in [2.05, 4.69) is 5.32 Å². The Bertz CT molecular complexity index is 372. The van der Waals surface area contributed by atoms with Crippen LogP contribution in [0.15, 0.2) is 18.2 Å². The molecule has 94 valence electrons. The Kier molecular flexibility index (Phi) is 4.00. The Hall–Kier alpha value is -1.09. The molecule has 1 saturated carbocycles. The number of hydrogen-bond acceptors (Lipinski definition) is 2. The lowest BCUT2D eigenvalue weighted by atomic mass is 9.93. The number of hydrogen-bond donors (Lipinski definition) is 1. The van der Waals surface area contributed by atoms with Crippen molar-refractivity contribution in [2.75, 3.05) is 12.4 Å². The number of nitrogens with one attached hydrogen (secondary N) is 1. The van der Waals surface area contributed by atoms with Gasteiger partial charge in [-0.05, 0) is 50.3 Å². The summed E-state index contributed by atoms with van der Waals surface area (Å²) in [6.07, 6.45) is 4.76. The van der Waals surface area contributed by atoms with Gasteiger partial charge in [0.1, 0.15) is 5.82 Å². The van der Waals surface area contributed by atoms with Gasteiger partial charge in [-0.2, -0.15) is 0 Å². The van der Waals surface area contributed by atoms with Crippen LogP contribution in [0.4, 0.5) is 10.1 Å². The van der Waals surface area contributed by atoms with Crippen LogP contribution >= 0.6 is 0 Å². The van der Waals surface area contributed by atoms with Crippen LogP contribution in [0.3, 0.4) is 0 Å². The van der Waals surface area contributed by atoms with Crippen molar-refractivity contribution in [1.29, 1.82) is 0 Å². The van der Waals surface area contributed by atoms with Crippen molar-refractivity contribution in [3.63, 3.8) is 0 Å². The number of benzene rings is 1. The summed E-state index contributed by atoms with van der Waals surface area (Å²) in [5.41, 5.74) is 1.58. The van der Waals surface area contributed by atoms with Crippen molar-refractivity contribution in [3.05, 3.63) is 29.6 Å². The summed E-state index contributed by atoms with van der Waals surface area (Å²) in [7, 11) is 1.77. The van der Waals surface area contributed by atoms with Gasteiger partial charge in [-0.3, -0.25) is 0 Å². The summed E-state index contributed by atoms with van der Waals surface area (Å²) >= 11 is 0. The first-order valence-corrected chi connectivity index (χ1v) is 6.24. The molecule has 0 unspecified atom stereocenters. The highest BCUT2D eigenvalue weighted by Gasteiger charge is 2.20. The monoisotopic (exact) mass is 237 g/mol. The molecule has 0 atom stereocenters. The summed E-state index contributed by atoms with van der Waals surface area (Å²) in [5.74, 6) is -0.138. The average molecular weight is 237 g/mol. The number of halogens is 1. The van der Waals surface area contributed by atoms with E-state index in [1.165, 1.54) is 0 Å². The van der Waals surface area contributed by atoms with E-state index < -0.39 is 0 Å². The average Bonchev–Trinajstić information content (AvgIpc) is 2.35. The number of ether oxygens (including phenoxy) is 1. The van der Waals surface area contributed by atoms with Crippen LogP contribution in [0.5, 0.6) is 0 Å². The van der Waals surface area contributed by atoms with Crippen LogP contribution < -0.4 is 5.32 Å². The Morgan fingerprint density at radius 1 is 1.24 bits per heavy atom. The summed E-state index contributed by atoms with van der Waals surface area (Å²) in [5, 5.41) is 3.40. The van der Waals surface area contributed by atoms with E-state index in [9.17, 15) is 4.39 Å². The molecule has 1 aromatic rings. The third kappa shape index (κ3) is 3.19. The second-order valence-electron chi connectivity index (χ2n) is 4.82. The van der Waals surface area contributed by atoms with E-state index in [0.29, 0.717) is 17.7 Å². The molecule has 0 heterocycles. The highest BCUT2D eigenvalue weighted by Crippen LogP contribution is 2.24. The molecule has 1 aromatic carbocycles. The van der Waals surface area contributed by atoms with Crippen LogP contribution in [0.25, 0.3) is 0 Å². The van der Waals surface area contributed by atoms with Crippen molar-refractivity contribution in [2.45, 2.75) is 44.8 Å². The smallest absolute Gasteiger partial charge is 0.128 e. The maximum absolute atomic E-state index is 13.4. The molecular weight excluding hydrogens is 217 g/mol. The summed E-state index contributed by atoms with van der Waals surface area (Å²) in [6, 6.07) is 5.79. The number of methoxy groups -OCH3 is 1. The van der Waals surface area contributed by atoms with Gasteiger partial charge in [0, 0.05) is 18.8 Å². The molecule has 17 heavy (non-hydrogen) atoms. The summed E-state index contributed by atoms with van der Waals surface area (Å²) in [4.78, 5) is 0. The molecule has 3 heteroatoms. The zero-order valence-corrected chi connectivity index (χ0v) is 10.5. The topological polar surface area (TPSA) is 21.3 Å². The van der Waals surface area contributed by atoms with E-state index in [-0.39, 0.29) is 5.82 Å². The molecule has 0 aromatic heterocycles. The van der Waals surface area contributed by atoms with Gasteiger partial charge in [-0.1, -0.05) is 6.07 Å². The molecule has 2 rings (SSSR count). The first-order valence-electron chi connectivity index (χ1n) is 6.24. The molecule has 0 aliphatic heterocycles. The molecule has 0 spiro atoms. The number of aryl methyl sites for hydroxylation is 1. The molecule has 2 nitrogen and oxygen atoms in total. The van der Waals surface area contributed by atoms with Gasteiger partial charge >= 0.3 is 0 Å². The molecule has 1 N–H and O–H groups in total. The lowest BCUT2D eigenvalue weighted by Crippen LogP contribution is -2.29. The van der Waals surface area contributed by atoms with E-state index in [4.69, 9.17) is 4.74 Å². The van der Waals surface area contributed by atoms with Crippen LogP contribution in [-0.2, 0) is 4.74 Å². The number of anilines is 1. The van der Waals surface area contributed by atoms with Gasteiger partial charge in [-0.25, -0.2) is 4.39 Å². The van der Waals surface area contributed by atoms with Crippen LogP contribution in [0.2, 0.25) is 0 Å². The molecular formula is C14H20FNO. The predicted molar refractivity (Wildman–Crippen MR) is 67.8 cm³/mol. The summed E-state index contributed by atoms with van der Waals surface area (Å²) < 4.78 is 18.7. The zero-order chi connectivity index (χ0) is 12.3. The van der Waals surface area contributed by atoms with Crippen molar-refractivity contribution in [3.8, 4) is 0 Å². The molecule has 1 aliphatic rings. The zero-order valence-electron chi connectivity index (χ0n) is 10.5. The number of rotatable bonds is 3. The molecule has 0 bridgehead atoms. The second-order valence-corrected chi connectivity index (χ2v) is 4.82. The molecule has 1 fully saturated rings. The Morgan fingerprint density at radius 3 is 2.53 bits per heavy atom. The summed E-state index contributed by atoms with van der Waals surface area (Å²) in [6.45, 7) is 1.78. The first kappa shape index (κ1) is 12.4. The first-order chi connectivity index (χ1) is 8.19. The third-order valence-electron chi connectivity index (χ3n) is 3.55. The Labute approximate surface area is 102 Å². The fourth-order valence-corrected chi connectivity index (χ4v) is 2.36. The van der Waals surface area contributed by atoms with Gasteiger partial charge in [0.15, 0.2) is 0 Å². The Balaban J connectivity index is 1.91. The van der Waals surface area contributed by atoms with Crippen molar-refractivity contribution in [2.24, 2.45) is 0 Å². The van der Waals surface area contributed by atoms with E-state index in [1.54, 1.807) is 20.1 Å². The quantitative estimate of drug-likeness (QED) is 0.868. The van der Waals surface area contributed by atoms with Crippen molar-refractivity contribution < 1.29 is 9.13 Å². The predicted octanol–water partition coefficient (Wildman–Crippen LogP) is 3.50. The minimum atomic E-state index is -0.138. The maximum atomic E-state index is 13.4. The standard InChI is InChI=1S/C14H20FNO/c1-10-3-4-12(9-14(10)15)16-11-5-7-13(17-2)8-6-11/h3-4,9,11,13,16H,5-8H2,1-2H3. The maximum Gasteiger partial charge on any atom is 0.128 e. The largest absolute Gasteiger partial charge is 0.382 e. The molecule has 1 aliphatic carbocycles. The second kappa shape index (κ2) is 5.50. The van der Waals surface area contributed by atoms with E-state index >= 15 is 0 Å².